The maximum absolute atomic E-state index is 12.5. The van der Waals surface area contributed by atoms with Crippen LogP contribution < -0.4 is 5.32 Å². The number of ketones is 1. The fourth-order valence-corrected chi connectivity index (χ4v) is 3.64. The van der Waals surface area contributed by atoms with Crippen molar-refractivity contribution in [1.29, 1.82) is 0 Å². The van der Waals surface area contributed by atoms with Crippen molar-refractivity contribution in [2.75, 3.05) is 5.32 Å². The Labute approximate surface area is 146 Å². The molecule has 1 aromatic carbocycles. The Bertz CT molecular complexity index is 798. The first kappa shape index (κ1) is 16.0. The van der Waals surface area contributed by atoms with Crippen LogP contribution in [0, 0.1) is 6.92 Å². The molecule has 0 aliphatic rings. The Morgan fingerprint density at radius 2 is 2.09 bits per heavy atom. The zero-order chi connectivity index (χ0) is 16.2. The molecule has 4 nitrogen and oxygen atoms in total. The number of aromatic nitrogens is 1. The lowest BCUT2D eigenvalue weighted by molar-refractivity contribution is 0.0980. The van der Waals surface area contributed by atoms with Crippen molar-refractivity contribution in [2.24, 2.45) is 0 Å². The normalized spacial score (nSPS) is 12.1. The first-order chi connectivity index (χ1) is 11.1. The number of carbonyl (C=O) groups excluding carboxylic acids is 1. The maximum Gasteiger partial charge on any atom is 0.175 e. The van der Waals surface area contributed by atoms with Gasteiger partial charge in [-0.3, -0.25) is 4.79 Å². The number of hydrogen-bond donors (Lipinski definition) is 1. The third kappa shape index (κ3) is 4.09. The molecule has 3 aromatic rings. The first-order valence-corrected chi connectivity index (χ1v) is 8.76. The van der Waals surface area contributed by atoms with Gasteiger partial charge in [-0.2, -0.15) is 0 Å². The number of hydrogen-bond acceptors (Lipinski definition) is 5. The number of nitrogens with one attached hydrogen (secondary N) is 1. The molecule has 0 aliphatic heterocycles. The summed E-state index contributed by atoms with van der Waals surface area (Å²) in [5, 5.41) is 7.25. The zero-order valence-corrected chi connectivity index (χ0v) is 14.9. The Kier molecular flexibility index (Phi) is 4.93. The van der Waals surface area contributed by atoms with Crippen molar-refractivity contribution < 1.29 is 9.32 Å². The molecule has 2 heterocycles. The van der Waals surface area contributed by atoms with Crippen LogP contribution in [0.15, 0.2) is 56.8 Å². The summed E-state index contributed by atoms with van der Waals surface area (Å²) in [5.74, 6) is 1.46. The van der Waals surface area contributed by atoms with Crippen molar-refractivity contribution >= 4 is 38.9 Å². The number of thiophene rings is 1. The summed E-state index contributed by atoms with van der Waals surface area (Å²) < 4.78 is 6.05. The lowest BCUT2D eigenvalue weighted by Crippen LogP contribution is -2.15. The van der Waals surface area contributed by atoms with E-state index >= 15 is 0 Å². The molecule has 118 valence electrons. The van der Waals surface area contributed by atoms with Crippen molar-refractivity contribution in [3.8, 4) is 0 Å². The minimum Gasteiger partial charge on any atom is -0.360 e. The van der Waals surface area contributed by atoms with Crippen LogP contribution in [0.2, 0.25) is 0 Å². The van der Waals surface area contributed by atoms with Crippen LogP contribution in [0.3, 0.4) is 0 Å². The second-order valence-corrected chi connectivity index (χ2v) is 7.62. The first-order valence-electron chi connectivity index (χ1n) is 7.15. The highest BCUT2D eigenvalue weighted by atomic mass is 79.9. The number of Topliss-reactive ketones (excluding diaryl/α,β-unsaturated/α-hetero) is 1. The van der Waals surface area contributed by atoms with Crippen LogP contribution in [0.25, 0.3) is 0 Å². The van der Waals surface area contributed by atoms with Crippen LogP contribution in [0.4, 0.5) is 5.82 Å². The predicted octanol–water partition coefficient (Wildman–Crippen LogP) is 5.23. The second-order valence-electron chi connectivity index (χ2n) is 5.16. The molecule has 0 saturated carbocycles. The smallest absolute Gasteiger partial charge is 0.175 e. The van der Waals surface area contributed by atoms with Gasteiger partial charge in [-0.1, -0.05) is 35.5 Å². The Balaban J connectivity index is 1.81. The van der Waals surface area contributed by atoms with E-state index in [-0.39, 0.29) is 11.8 Å². The van der Waals surface area contributed by atoms with Gasteiger partial charge in [-0.25, -0.2) is 0 Å². The fraction of sp³-hybridized carbons (Fsp3) is 0.176. The molecule has 0 bridgehead atoms. The van der Waals surface area contributed by atoms with Crippen LogP contribution in [0.5, 0.6) is 0 Å². The van der Waals surface area contributed by atoms with E-state index in [1.165, 1.54) is 11.3 Å². The number of anilines is 1. The molecule has 23 heavy (non-hydrogen) atoms. The minimum absolute atomic E-state index is 0.0993. The molecular weight excluding hydrogens is 376 g/mol. The standard InChI is InChI=1S/C17H15BrN2O2S/c1-11-9-17(20-22-11)19-13(12-5-3-2-4-6-12)10-14(21)15-7-8-16(18)23-15/h2-9,13H,10H2,1H3,(H,19,20). The molecule has 1 atom stereocenters. The Morgan fingerprint density at radius 3 is 2.70 bits per heavy atom. The van der Waals surface area contributed by atoms with Crippen LogP contribution in [-0.4, -0.2) is 10.9 Å². The highest BCUT2D eigenvalue weighted by Gasteiger charge is 2.19. The van der Waals surface area contributed by atoms with Gasteiger partial charge in [0.2, 0.25) is 0 Å². The average Bonchev–Trinajstić information content (AvgIpc) is 3.16. The highest BCUT2D eigenvalue weighted by molar-refractivity contribution is 9.11. The van der Waals surface area contributed by atoms with E-state index in [0.717, 1.165) is 20.0 Å². The average molecular weight is 391 g/mol. The number of benzene rings is 1. The topological polar surface area (TPSA) is 55.1 Å². The Hall–Kier alpha value is -1.92. The number of aryl methyl sites for hydroxylation is 1. The maximum atomic E-state index is 12.5. The third-order valence-corrected chi connectivity index (χ3v) is 5.05. The molecule has 0 aliphatic carbocycles. The molecule has 0 saturated heterocycles. The van der Waals surface area contributed by atoms with E-state index in [9.17, 15) is 4.79 Å². The lowest BCUT2D eigenvalue weighted by atomic mass is 10.0. The summed E-state index contributed by atoms with van der Waals surface area (Å²) >= 11 is 4.85. The molecule has 0 fully saturated rings. The quantitative estimate of drug-likeness (QED) is 0.585. The predicted molar refractivity (Wildman–Crippen MR) is 95.0 cm³/mol. The van der Waals surface area contributed by atoms with Gasteiger partial charge in [0.1, 0.15) is 5.76 Å². The molecule has 1 N–H and O–H groups in total. The van der Waals surface area contributed by atoms with Gasteiger partial charge in [0.05, 0.1) is 14.7 Å². The summed E-state index contributed by atoms with van der Waals surface area (Å²) in [4.78, 5) is 13.3. The lowest BCUT2D eigenvalue weighted by Gasteiger charge is -2.17. The van der Waals surface area contributed by atoms with Gasteiger partial charge in [0.15, 0.2) is 11.6 Å². The van der Waals surface area contributed by atoms with E-state index in [1.807, 2.05) is 55.5 Å². The number of nitrogens with zero attached hydrogens (tertiary/aromatic N) is 1. The van der Waals surface area contributed by atoms with Gasteiger partial charge in [-0.05, 0) is 40.5 Å². The number of carbonyl (C=O) groups is 1. The highest BCUT2D eigenvalue weighted by Crippen LogP contribution is 2.28. The molecule has 6 heteroatoms. The van der Waals surface area contributed by atoms with Gasteiger partial charge in [-0.15, -0.1) is 11.3 Å². The molecule has 0 radical (unpaired) electrons. The van der Waals surface area contributed by atoms with Crippen molar-refractivity contribution in [3.63, 3.8) is 0 Å². The summed E-state index contributed by atoms with van der Waals surface area (Å²) in [5.41, 5.74) is 1.04. The number of halogens is 1. The molecule has 1 unspecified atom stereocenters. The number of rotatable bonds is 6. The fourth-order valence-electron chi connectivity index (χ4n) is 2.30. The SMILES string of the molecule is Cc1cc(NC(CC(=O)c2ccc(Br)s2)c2ccccc2)no1. The van der Waals surface area contributed by atoms with E-state index in [4.69, 9.17) is 4.52 Å². The third-order valence-electron chi connectivity index (χ3n) is 3.39. The summed E-state index contributed by atoms with van der Waals surface area (Å²) in [6.07, 6.45) is 0.350. The molecule has 0 amide bonds. The van der Waals surface area contributed by atoms with Gasteiger partial charge in [0.25, 0.3) is 0 Å². The van der Waals surface area contributed by atoms with Gasteiger partial charge >= 0.3 is 0 Å². The van der Waals surface area contributed by atoms with Gasteiger partial charge < -0.3 is 9.84 Å². The second kappa shape index (κ2) is 7.10. The monoisotopic (exact) mass is 390 g/mol. The van der Waals surface area contributed by atoms with E-state index in [1.54, 1.807) is 0 Å². The van der Waals surface area contributed by atoms with E-state index in [2.05, 4.69) is 26.4 Å². The zero-order valence-electron chi connectivity index (χ0n) is 12.5. The summed E-state index contributed by atoms with van der Waals surface area (Å²) in [6.45, 7) is 1.84. The molecule has 2 aromatic heterocycles. The van der Waals surface area contributed by atoms with Crippen molar-refractivity contribution in [1.82, 2.24) is 5.16 Å². The van der Waals surface area contributed by atoms with Crippen LogP contribution >= 0.6 is 27.3 Å². The Morgan fingerprint density at radius 1 is 1.30 bits per heavy atom. The molecular formula is C17H15BrN2O2S. The van der Waals surface area contributed by atoms with Crippen molar-refractivity contribution in [3.05, 3.63) is 68.5 Å². The largest absolute Gasteiger partial charge is 0.360 e. The summed E-state index contributed by atoms with van der Waals surface area (Å²) in [7, 11) is 0. The summed E-state index contributed by atoms with van der Waals surface area (Å²) in [6, 6.07) is 15.3. The molecule has 0 spiro atoms. The van der Waals surface area contributed by atoms with Crippen LogP contribution in [-0.2, 0) is 0 Å². The van der Waals surface area contributed by atoms with Gasteiger partial charge in [0, 0.05) is 12.5 Å². The van der Waals surface area contributed by atoms with Crippen molar-refractivity contribution in [2.45, 2.75) is 19.4 Å². The minimum atomic E-state index is -0.158. The van der Waals surface area contributed by atoms with E-state index in [0.29, 0.717) is 12.2 Å². The molecule has 3 rings (SSSR count). The van der Waals surface area contributed by atoms with Crippen LogP contribution in [0.1, 0.15) is 33.5 Å². The van der Waals surface area contributed by atoms with E-state index < -0.39 is 0 Å².